The first-order chi connectivity index (χ1) is 9.60. The number of hydrogen-bond acceptors (Lipinski definition) is 5. The molecular formula is C15H22N4O. The number of aromatic nitrogens is 2. The summed E-state index contributed by atoms with van der Waals surface area (Å²) in [5.74, 6) is 3.34. The average molecular weight is 274 g/mol. The van der Waals surface area contributed by atoms with Crippen LogP contribution >= 0.6 is 0 Å². The topological polar surface area (TPSA) is 63.0 Å². The van der Waals surface area contributed by atoms with Gasteiger partial charge in [-0.15, -0.1) is 0 Å². The molecule has 2 aromatic rings. The zero-order valence-corrected chi connectivity index (χ0v) is 12.5. The molecule has 2 rings (SSSR count). The normalized spacial score (nSPS) is 12.2. The third kappa shape index (κ3) is 3.50. The van der Waals surface area contributed by atoms with Crippen molar-refractivity contribution in [3.05, 3.63) is 35.4 Å². The SMILES string of the molecule is CCCNc1nccc(NC(C)c2cc(C)oc2C)n1. The summed E-state index contributed by atoms with van der Waals surface area (Å²) in [6.45, 7) is 9.02. The Morgan fingerprint density at radius 1 is 1.35 bits per heavy atom. The van der Waals surface area contributed by atoms with E-state index in [1.54, 1.807) is 6.20 Å². The van der Waals surface area contributed by atoms with Crippen molar-refractivity contribution in [1.29, 1.82) is 0 Å². The Morgan fingerprint density at radius 2 is 2.15 bits per heavy atom. The fraction of sp³-hybridized carbons (Fsp3) is 0.467. The Bertz CT molecular complexity index is 565. The second kappa shape index (κ2) is 6.41. The van der Waals surface area contributed by atoms with E-state index in [2.05, 4.69) is 40.5 Å². The predicted octanol–water partition coefficient (Wildman–Crippen LogP) is 3.68. The van der Waals surface area contributed by atoms with Crippen molar-refractivity contribution in [1.82, 2.24) is 9.97 Å². The number of aryl methyl sites for hydroxylation is 2. The Morgan fingerprint density at radius 3 is 2.80 bits per heavy atom. The largest absolute Gasteiger partial charge is 0.466 e. The van der Waals surface area contributed by atoms with Crippen molar-refractivity contribution < 1.29 is 4.42 Å². The molecular weight excluding hydrogens is 252 g/mol. The van der Waals surface area contributed by atoms with Crippen LogP contribution < -0.4 is 10.6 Å². The lowest BCUT2D eigenvalue weighted by Crippen LogP contribution is -2.10. The van der Waals surface area contributed by atoms with Gasteiger partial charge in [0.15, 0.2) is 0 Å². The van der Waals surface area contributed by atoms with E-state index in [1.807, 2.05) is 19.9 Å². The number of furan rings is 1. The Balaban J connectivity index is 2.07. The van der Waals surface area contributed by atoms with Gasteiger partial charge < -0.3 is 15.1 Å². The van der Waals surface area contributed by atoms with Crippen LogP contribution in [0.2, 0.25) is 0 Å². The van der Waals surface area contributed by atoms with Crippen LogP contribution in [0.5, 0.6) is 0 Å². The first-order valence-corrected chi connectivity index (χ1v) is 7.00. The lowest BCUT2D eigenvalue weighted by Gasteiger charge is -2.14. The van der Waals surface area contributed by atoms with Crippen LogP contribution in [0.25, 0.3) is 0 Å². The Hall–Kier alpha value is -2.04. The summed E-state index contributed by atoms with van der Waals surface area (Å²) < 4.78 is 5.57. The van der Waals surface area contributed by atoms with E-state index in [4.69, 9.17) is 4.42 Å². The number of rotatable bonds is 6. The summed E-state index contributed by atoms with van der Waals surface area (Å²) in [5, 5.41) is 6.56. The van der Waals surface area contributed by atoms with Crippen molar-refractivity contribution >= 4 is 11.8 Å². The molecule has 0 fully saturated rings. The fourth-order valence-corrected chi connectivity index (χ4v) is 2.14. The van der Waals surface area contributed by atoms with Gasteiger partial charge in [0.05, 0.1) is 6.04 Å². The monoisotopic (exact) mass is 274 g/mol. The molecule has 0 aliphatic heterocycles. The molecule has 2 aromatic heterocycles. The highest BCUT2D eigenvalue weighted by molar-refractivity contribution is 5.42. The van der Waals surface area contributed by atoms with Crippen LogP contribution in [0, 0.1) is 13.8 Å². The van der Waals surface area contributed by atoms with Crippen LogP contribution in [0.4, 0.5) is 11.8 Å². The molecule has 0 aromatic carbocycles. The summed E-state index contributed by atoms with van der Waals surface area (Å²) in [6, 6.07) is 4.07. The van der Waals surface area contributed by atoms with E-state index >= 15 is 0 Å². The van der Waals surface area contributed by atoms with Gasteiger partial charge in [-0.3, -0.25) is 0 Å². The van der Waals surface area contributed by atoms with Crippen LogP contribution in [0.1, 0.15) is 43.4 Å². The lowest BCUT2D eigenvalue weighted by molar-refractivity contribution is 0.500. The van der Waals surface area contributed by atoms with Crippen molar-refractivity contribution in [2.75, 3.05) is 17.2 Å². The van der Waals surface area contributed by atoms with Gasteiger partial charge in [-0.1, -0.05) is 6.92 Å². The summed E-state index contributed by atoms with van der Waals surface area (Å²) in [4.78, 5) is 8.65. The van der Waals surface area contributed by atoms with Crippen LogP contribution in [-0.2, 0) is 0 Å². The number of nitrogens with zero attached hydrogens (tertiary/aromatic N) is 2. The maximum absolute atomic E-state index is 5.57. The van der Waals surface area contributed by atoms with Gasteiger partial charge in [0.1, 0.15) is 17.3 Å². The van der Waals surface area contributed by atoms with Crippen molar-refractivity contribution in [2.24, 2.45) is 0 Å². The minimum atomic E-state index is 0.140. The number of nitrogens with one attached hydrogen (secondary N) is 2. The molecule has 1 unspecified atom stereocenters. The molecule has 0 aliphatic rings. The van der Waals surface area contributed by atoms with Crippen LogP contribution in [-0.4, -0.2) is 16.5 Å². The summed E-state index contributed by atoms with van der Waals surface area (Å²) in [7, 11) is 0. The molecule has 0 aliphatic carbocycles. The molecule has 0 bridgehead atoms. The fourth-order valence-electron chi connectivity index (χ4n) is 2.14. The van der Waals surface area contributed by atoms with Gasteiger partial charge in [-0.2, -0.15) is 4.98 Å². The minimum absolute atomic E-state index is 0.140. The van der Waals surface area contributed by atoms with Crippen molar-refractivity contribution in [3.8, 4) is 0 Å². The molecule has 0 saturated carbocycles. The smallest absolute Gasteiger partial charge is 0.224 e. The molecule has 5 heteroatoms. The molecule has 20 heavy (non-hydrogen) atoms. The zero-order valence-electron chi connectivity index (χ0n) is 12.5. The zero-order chi connectivity index (χ0) is 14.5. The Labute approximate surface area is 119 Å². The molecule has 108 valence electrons. The first-order valence-electron chi connectivity index (χ1n) is 7.00. The van der Waals surface area contributed by atoms with Crippen molar-refractivity contribution in [3.63, 3.8) is 0 Å². The molecule has 0 spiro atoms. The molecule has 5 nitrogen and oxygen atoms in total. The summed E-state index contributed by atoms with van der Waals surface area (Å²) in [5.41, 5.74) is 1.16. The van der Waals surface area contributed by atoms with Gasteiger partial charge in [0, 0.05) is 18.3 Å². The highest BCUT2D eigenvalue weighted by atomic mass is 16.3. The van der Waals surface area contributed by atoms with Gasteiger partial charge in [0.2, 0.25) is 5.95 Å². The standard InChI is InChI=1S/C15H22N4O/c1-5-7-16-15-17-8-6-14(19-15)18-11(3)13-9-10(2)20-12(13)4/h6,8-9,11H,5,7H2,1-4H3,(H2,16,17,18,19). The second-order valence-corrected chi connectivity index (χ2v) is 4.93. The maximum atomic E-state index is 5.57. The van der Waals surface area contributed by atoms with Crippen LogP contribution in [0.3, 0.4) is 0 Å². The van der Waals surface area contributed by atoms with E-state index in [-0.39, 0.29) is 6.04 Å². The third-order valence-electron chi connectivity index (χ3n) is 3.10. The summed E-state index contributed by atoms with van der Waals surface area (Å²) >= 11 is 0. The maximum Gasteiger partial charge on any atom is 0.224 e. The average Bonchev–Trinajstić information content (AvgIpc) is 2.76. The van der Waals surface area contributed by atoms with Gasteiger partial charge >= 0.3 is 0 Å². The lowest BCUT2D eigenvalue weighted by atomic mass is 10.1. The van der Waals surface area contributed by atoms with E-state index in [0.29, 0.717) is 5.95 Å². The van der Waals surface area contributed by atoms with Gasteiger partial charge in [-0.25, -0.2) is 4.98 Å². The summed E-state index contributed by atoms with van der Waals surface area (Å²) in [6.07, 6.45) is 2.80. The molecule has 1 atom stereocenters. The van der Waals surface area contributed by atoms with Gasteiger partial charge in [-0.05, 0) is 39.3 Å². The quantitative estimate of drug-likeness (QED) is 0.841. The second-order valence-electron chi connectivity index (χ2n) is 4.93. The molecule has 2 N–H and O–H groups in total. The van der Waals surface area contributed by atoms with Gasteiger partial charge in [0.25, 0.3) is 0 Å². The molecule has 0 saturated heterocycles. The Kier molecular flexibility index (Phi) is 4.61. The van der Waals surface area contributed by atoms with E-state index in [1.165, 1.54) is 0 Å². The molecule has 0 radical (unpaired) electrons. The van der Waals surface area contributed by atoms with E-state index in [0.717, 1.165) is 35.9 Å². The highest BCUT2D eigenvalue weighted by Gasteiger charge is 2.13. The highest BCUT2D eigenvalue weighted by Crippen LogP contribution is 2.24. The molecule has 0 amide bonds. The number of anilines is 2. The van der Waals surface area contributed by atoms with Crippen molar-refractivity contribution in [2.45, 2.75) is 40.2 Å². The predicted molar refractivity (Wildman–Crippen MR) is 81.0 cm³/mol. The first kappa shape index (κ1) is 14.4. The number of hydrogen-bond donors (Lipinski definition) is 2. The van der Waals surface area contributed by atoms with E-state index < -0.39 is 0 Å². The van der Waals surface area contributed by atoms with E-state index in [9.17, 15) is 0 Å². The third-order valence-corrected chi connectivity index (χ3v) is 3.10. The molecule has 2 heterocycles. The minimum Gasteiger partial charge on any atom is -0.466 e. The van der Waals surface area contributed by atoms with Crippen LogP contribution in [0.15, 0.2) is 22.7 Å².